The number of amides is 1. The zero-order chi connectivity index (χ0) is 22.2. The maximum atomic E-state index is 13.1. The van der Waals surface area contributed by atoms with Crippen LogP contribution in [0.2, 0.25) is 0 Å². The van der Waals surface area contributed by atoms with E-state index < -0.39 is 0 Å². The molecule has 3 aromatic rings. The monoisotopic (exact) mass is 449 g/mol. The van der Waals surface area contributed by atoms with Gasteiger partial charge in [0.2, 0.25) is 0 Å². The molecule has 0 atom stereocenters. The number of hydrogen-bond donors (Lipinski definition) is 0. The number of piperazine rings is 1. The molecule has 2 aromatic heterocycles. The van der Waals surface area contributed by atoms with Crippen molar-refractivity contribution in [1.82, 2.24) is 19.8 Å². The van der Waals surface area contributed by atoms with Crippen LogP contribution in [0.1, 0.15) is 46.0 Å². The van der Waals surface area contributed by atoms with Gasteiger partial charge in [-0.25, -0.2) is 9.97 Å². The molecule has 32 heavy (non-hydrogen) atoms. The molecule has 2 aliphatic rings. The van der Waals surface area contributed by atoms with Gasteiger partial charge in [0.25, 0.3) is 5.91 Å². The molecule has 0 saturated carbocycles. The van der Waals surface area contributed by atoms with E-state index in [0.29, 0.717) is 0 Å². The van der Waals surface area contributed by atoms with Crippen LogP contribution >= 0.6 is 11.3 Å². The number of hydrogen-bond acceptors (Lipinski definition) is 6. The van der Waals surface area contributed by atoms with Gasteiger partial charge in [-0.3, -0.25) is 9.69 Å². The lowest BCUT2D eigenvalue weighted by molar-refractivity contribution is 0.0746. The molecule has 0 N–H and O–H groups in total. The van der Waals surface area contributed by atoms with Crippen LogP contribution in [0.3, 0.4) is 0 Å². The number of nitrogens with zero attached hydrogens (tertiary/aromatic N) is 5. The summed E-state index contributed by atoms with van der Waals surface area (Å²) in [4.78, 5) is 32.4. The van der Waals surface area contributed by atoms with E-state index in [2.05, 4.69) is 23.6 Å². The average molecular weight is 450 g/mol. The van der Waals surface area contributed by atoms with E-state index in [-0.39, 0.29) is 5.91 Å². The van der Waals surface area contributed by atoms with Crippen molar-refractivity contribution < 1.29 is 4.79 Å². The van der Waals surface area contributed by atoms with Gasteiger partial charge in [-0.1, -0.05) is 32.0 Å². The number of anilines is 1. The summed E-state index contributed by atoms with van der Waals surface area (Å²) in [5.41, 5.74) is 3.30. The zero-order valence-corrected chi connectivity index (χ0v) is 20.0. The first-order valence-corrected chi connectivity index (χ1v) is 12.5. The molecule has 1 fully saturated rings. The highest BCUT2D eigenvalue weighted by atomic mass is 32.1. The number of aromatic nitrogens is 2. The topological polar surface area (TPSA) is 52.6 Å². The highest BCUT2D eigenvalue weighted by Gasteiger charge is 2.29. The normalized spacial score (nSPS) is 17.1. The minimum Gasteiger partial charge on any atom is -0.352 e. The minimum absolute atomic E-state index is 0.136. The van der Waals surface area contributed by atoms with E-state index in [1.165, 1.54) is 15.8 Å². The van der Waals surface area contributed by atoms with E-state index in [4.69, 9.17) is 9.97 Å². The quantitative estimate of drug-likeness (QED) is 0.605. The van der Waals surface area contributed by atoms with Crippen molar-refractivity contribution in [3.8, 4) is 0 Å². The standard InChI is InChI=1S/C25H31N5OS/c1-4-21-26-23(22-19-10-11-28(5-2)16-20(19)32-24(22)27-21)29-12-14-30(15-13-29)25(31)18-9-7-6-8-17(18)3/h6-9H,4-5,10-16H2,1-3H3. The maximum absolute atomic E-state index is 13.1. The first-order chi connectivity index (χ1) is 15.6. The van der Waals surface area contributed by atoms with E-state index in [9.17, 15) is 4.79 Å². The van der Waals surface area contributed by atoms with Crippen molar-refractivity contribution in [2.24, 2.45) is 0 Å². The predicted molar refractivity (Wildman–Crippen MR) is 131 cm³/mol. The van der Waals surface area contributed by atoms with Crippen LogP contribution in [0.15, 0.2) is 24.3 Å². The fourth-order valence-electron chi connectivity index (χ4n) is 4.83. The fraction of sp³-hybridized carbons (Fsp3) is 0.480. The fourth-order valence-corrected chi connectivity index (χ4v) is 6.11. The molecule has 0 spiro atoms. The van der Waals surface area contributed by atoms with Gasteiger partial charge in [-0.2, -0.15) is 0 Å². The highest BCUT2D eigenvalue weighted by Crippen LogP contribution is 2.39. The molecule has 0 aliphatic carbocycles. The van der Waals surface area contributed by atoms with Crippen molar-refractivity contribution in [2.75, 3.05) is 44.2 Å². The second kappa shape index (κ2) is 8.79. The van der Waals surface area contributed by atoms with Gasteiger partial charge in [0.05, 0.1) is 5.39 Å². The predicted octanol–water partition coefficient (Wildman–Crippen LogP) is 3.90. The molecule has 1 amide bonds. The Labute approximate surface area is 193 Å². The number of benzene rings is 1. The third-order valence-corrected chi connectivity index (χ3v) is 7.92. The first-order valence-electron chi connectivity index (χ1n) is 11.7. The molecule has 2 aliphatic heterocycles. The Morgan fingerprint density at radius 3 is 2.56 bits per heavy atom. The number of likely N-dealkylation sites (N-methyl/N-ethyl adjacent to an activating group) is 1. The highest BCUT2D eigenvalue weighted by molar-refractivity contribution is 7.19. The maximum Gasteiger partial charge on any atom is 0.254 e. The Morgan fingerprint density at radius 2 is 1.84 bits per heavy atom. The Kier molecular flexibility index (Phi) is 5.86. The lowest BCUT2D eigenvalue weighted by Crippen LogP contribution is -2.49. The van der Waals surface area contributed by atoms with E-state index in [1.807, 2.05) is 47.4 Å². The lowest BCUT2D eigenvalue weighted by Gasteiger charge is -2.36. The van der Waals surface area contributed by atoms with Crippen molar-refractivity contribution in [3.63, 3.8) is 0 Å². The molecule has 168 valence electrons. The van der Waals surface area contributed by atoms with Crippen molar-refractivity contribution in [3.05, 3.63) is 51.7 Å². The van der Waals surface area contributed by atoms with Crippen LogP contribution in [0.5, 0.6) is 0 Å². The number of carbonyl (C=O) groups is 1. The summed E-state index contributed by atoms with van der Waals surface area (Å²) in [5, 5.41) is 1.26. The largest absolute Gasteiger partial charge is 0.352 e. The van der Waals surface area contributed by atoms with Crippen LogP contribution in [0.4, 0.5) is 5.82 Å². The number of fused-ring (bicyclic) bond motifs is 3. The molecule has 1 saturated heterocycles. The molecular weight excluding hydrogens is 418 g/mol. The van der Waals surface area contributed by atoms with Gasteiger partial charge in [-0.15, -0.1) is 11.3 Å². The van der Waals surface area contributed by atoms with Gasteiger partial charge < -0.3 is 9.80 Å². The number of carbonyl (C=O) groups excluding carboxylic acids is 1. The molecule has 5 rings (SSSR count). The van der Waals surface area contributed by atoms with E-state index in [1.54, 1.807) is 0 Å². The summed E-state index contributed by atoms with van der Waals surface area (Å²) >= 11 is 1.85. The van der Waals surface area contributed by atoms with Gasteiger partial charge in [0.1, 0.15) is 16.5 Å². The lowest BCUT2D eigenvalue weighted by atomic mass is 10.0. The van der Waals surface area contributed by atoms with Crippen LogP contribution in [-0.2, 0) is 19.4 Å². The van der Waals surface area contributed by atoms with Gasteiger partial charge in [0.15, 0.2) is 0 Å². The summed E-state index contributed by atoms with van der Waals surface area (Å²) in [7, 11) is 0. The molecule has 0 radical (unpaired) electrons. The Balaban J connectivity index is 1.42. The molecule has 4 heterocycles. The zero-order valence-electron chi connectivity index (χ0n) is 19.2. The Morgan fingerprint density at radius 1 is 1.06 bits per heavy atom. The number of rotatable bonds is 4. The van der Waals surface area contributed by atoms with Crippen LogP contribution < -0.4 is 4.90 Å². The van der Waals surface area contributed by atoms with Crippen molar-refractivity contribution >= 4 is 33.3 Å². The molecule has 6 nitrogen and oxygen atoms in total. The third-order valence-electron chi connectivity index (χ3n) is 6.81. The number of thiophene rings is 1. The van der Waals surface area contributed by atoms with E-state index >= 15 is 0 Å². The molecule has 0 unspecified atom stereocenters. The summed E-state index contributed by atoms with van der Waals surface area (Å²) in [6.45, 7) is 12.6. The van der Waals surface area contributed by atoms with Crippen LogP contribution in [-0.4, -0.2) is 64.9 Å². The smallest absolute Gasteiger partial charge is 0.254 e. The van der Waals surface area contributed by atoms with Crippen molar-refractivity contribution in [1.29, 1.82) is 0 Å². The molecular formula is C25H31N5OS. The summed E-state index contributed by atoms with van der Waals surface area (Å²) in [6.07, 6.45) is 1.90. The number of aryl methyl sites for hydroxylation is 2. The third kappa shape index (κ3) is 3.77. The average Bonchev–Trinajstić information content (AvgIpc) is 3.21. The Bertz CT molecular complexity index is 1150. The van der Waals surface area contributed by atoms with Gasteiger partial charge in [0, 0.05) is 56.1 Å². The Hall–Kier alpha value is -2.51. The first kappa shape index (κ1) is 21.3. The van der Waals surface area contributed by atoms with Crippen LogP contribution in [0, 0.1) is 6.92 Å². The SMILES string of the molecule is CCc1nc(N2CCN(C(=O)c3ccccc3C)CC2)c2c3c(sc2n1)CN(CC)CC3. The molecule has 0 bridgehead atoms. The minimum atomic E-state index is 0.136. The molecule has 7 heteroatoms. The summed E-state index contributed by atoms with van der Waals surface area (Å²) in [6, 6.07) is 7.87. The van der Waals surface area contributed by atoms with Crippen molar-refractivity contribution in [2.45, 2.75) is 40.2 Å². The molecule has 1 aromatic carbocycles. The summed E-state index contributed by atoms with van der Waals surface area (Å²) < 4.78 is 0. The summed E-state index contributed by atoms with van der Waals surface area (Å²) in [5.74, 6) is 2.13. The van der Waals surface area contributed by atoms with Gasteiger partial charge in [-0.05, 0) is 37.1 Å². The van der Waals surface area contributed by atoms with E-state index in [0.717, 1.165) is 86.3 Å². The van der Waals surface area contributed by atoms with Crippen LogP contribution in [0.25, 0.3) is 10.2 Å². The second-order valence-electron chi connectivity index (χ2n) is 8.71. The second-order valence-corrected chi connectivity index (χ2v) is 9.80. The van der Waals surface area contributed by atoms with Gasteiger partial charge >= 0.3 is 0 Å².